The highest BCUT2D eigenvalue weighted by Crippen LogP contribution is 2.59. The normalized spacial score (nSPS) is 34.5. The van der Waals surface area contributed by atoms with Gasteiger partial charge >= 0.3 is 6.16 Å². The van der Waals surface area contributed by atoms with Gasteiger partial charge in [0, 0.05) is 0 Å². The van der Waals surface area contributed by atoms with Gasteiger partial charge in [-0.1, -0.05) is 49.3 Å². The van der Waals surface area contributed by atoms with Crippen LogP contribution in [-0.2, 0) is 9.47 Å². The Labute approximate surface area is 211 Å². The molecule has 3 N–H and O–H groups in total. The minimum Gasteiger partial charge on any atom is -0.435 e. The number of allylic oxidation sites excluding steroid dienone is 4. The molecule has 0 aromatic heterocycles. The molecule has 6 nitrogen and oxygen atoms in total. The maximum atomic E-state index is 11.7. The fourth-order valence-electron chi connectivity index (χ4n) is 6.74. The Hall–Kier alpha value is -1.63. The first kappa shape index (κ1) is 27.9. The first-order chi connectivity index (χ1) is 16.5. The number of aliphatic hydroxyl groups is 3. The van der Waals surface area contributed by atoms with Gasteiger partial charge in [-0.25, -0.2) is 4.79 Å². The van der Waals surface area contributed by atoms with E-state index in [0.29, 0.717) is 37.0 Å². The number of aliphatic hydroxyl groups excluding tert-OH is 3. The van der Waals surface area contributed by atoms with Crippen molar-refractivity contribution in [2.24, 2.45) is 23.2 Å². The van der Waals surface area contributed by atoms with Gasteiger partial charge in [0.15, 0.2) is 0 Å². The fourth-order valence-corrected chi connectivity index (χ4v) is 6.74. The summed E-state index contributed by atoms with van der Waals surface area (Å²) >= 11 is 0. The van der Waals surface area contributed by atoms with Gasteiger partial charge in [0.1, 0.15) is 11.7 Å². The van der Waals surface area contributed by atoms with Gasteiger partial charge in [-0.05, 0) is 95.3 Å². The van der Waals surface area contributed by atoms with Crippen molar-refractivity contribution in [3.63, 3.8) is 0 Å². The molecule has 35 heavy (non-hydrogen) atoms. The summed E-state index contributed by atoms with van der Waals surface area (Å²) in [5, 5.41) is 30.7. The standard InChI is InChI=1S/C29H46O6/c1-6-34-27(33)35-28(3,4)26(32)14-9-19(2)24-12-13-25-21(8-7-15-29(24,25)5)11-10-20-16-22(30)18-23(31)17-20/h9-11,14,19,22-26,30-32H,6-8,12-13,15-18H2,1-5H3/b14-9+,21-11+/t19-,22-,23-,24-,25+,26-,29-/m1/s1. The molecule has 0 aromatic rings. The fraction of sp³-hybridized carbons (Fsp3) is 0.759. The second kappa shape index (κ2) is 11.6. The molecule has 0 spiro atoms. The van der Waals surface area contributed by atoms with Gasteiger partial charge in [-0.2, -0.15) is 0 Å². The Kier molecular flexibility index (Phi) is 9.27. The molecule has 3 rings (SSSR count). The topological polar surface area (TPSA) is 96.2 Å². The first-order valence-corrected chi connectivity index (χ1v) is 13.4. The quantitative estimate of drug-likeness (QED) is 0.324. The van der Waals surface area contributed by atoms with Gasteiger partial charge in [-0.15, -0.1) is 0 Å². The van der Waals surface area contributed by atoms with Gasteiger partial charge < -0.3 is 24.8 Å². The summed E-state index contributed by atoms with van der Waals surface area (Å²) < 4.78 is 10.2. The van der Waals surface area contributed by atoms with E-state index < -0.39 is 30.1 Å². The minimum absolute atomic E-state index is 0.208. The molecule has 3 aliphatic rings. The number of hydrogen-bond donors (Lipinski definition) is 3. The molecule has 0 aliphatic heterocycles. The molecule has 0 bridgehead atoms. The van der Waals surface area contributed by atoms with Crippen molar-refractivity contribution in [2.75, 3.05) is 6.61 Å². The van der Waals surface area contributed by atoms with Crippen LogP contribution < -0.4 is 0 Å². The third kappa shape index (κ3) is 6.78. The maximum Gasteiger partial charge on any atom is 0.508 e. The molecule has 198 valence electrons. The molecule has 0 radical (unpaired) electrons. The van der Waals surface area contributed by atoms with E-state index in [-0.39, 0.29) is 12.0 Å². The van der Waals surface area contributed by atoms with E-state index in [9.17, 15) is 20.1 Å². The summed E-state index contributed by atoms with van der Waals surface area (Å²) in [6.07, 6.45) is 13.3. The molecule has 7 atom stereocenters. The lowest BCUT2D eigenvalue weighted by atomic mass is 9.61. The lowest BCUT2D eigenvalue weighted by Crippen LogP contribution is -2.40. The van der Waals surface area contributed by atoms with Gasteiger partial charge in [0.25, 0.3) is 0 Å². The molecule has 0 aromatic carbocycles. The van der Waals surface area contributed by atoms with Crippen molar-refractivity contribution in [3.05, 3.63) is 35.5 Å². The summed E-state index contributed by atoms with van der Waals surface area (Å²) in [5.41, 5.74) is 1.78. The molecule has 0 amide bonds. The van der Waals surface area contributed by atoms with Gasteiger partial charge in [0.05, 0.1) is 18.8 Å². The highest BCUT2D eigenvalue weighted by molar-refractivity contribution is 5.60. The van der Waals surface area contributed by atoms with Crippen LogP contribution in [-0.4, -0.2) is 52.0 Å². The highest BCUT2D eigenvalue weighted by atomic mass is 16.7. The average Bonchev–Trinajstić information content (AvgIpc) is 3.12. The highest BCUT2D eigenvalue weighted by Gasteiger charge is 2.50. The van der Waals surface area contributed by atoms with E-state index in [1.165, 1.54) is 24.8 Å². The molecule has 6 heteroatoms. The summed E-state index contributed by atoms with van der Waals surface area (Å²) in [7, 11) is 0. The predicted octanol–water partition coefficient (Wildman–Crippen LogP) is 5.47. The van der Waals surface area contributed by atoms with Crippen LogP contribution in [0.15, 0.2) is 35.5 Å². The van der Waals surface area contributed by atoms with E-state index in [2.05, 4.69) is 32.1 Å². The third-order valence-corrected chi connectivity index (χ3v) is 8.66. The number of carbonyl (C=O) groups excluding carboxylic acids is 1. The third-order valence-electron chi connectivity index (χ3n) is 8.66. The monoisotopic (exact) mass is 490 g/mol. The maximum absolute atomic E-state index is 11.7. The van der Waals surface area contributed by atoms with Crippen molar-refractivity contribution in [3.8, 4) is 0 Å². The SMILES string of the molecule is CCOC(=O)OC(C)(C)[C@H](O)/C=C/[C@@H](C)[C@H]1CC[C@H]2/C(=C/C=C3C[C@@H](O)C[C@H](O)C3)CCC[C@]12C. The van der Waals surface area contributed by atoms with Crippen LogP contribution >= 0.6 is 0 Å². The zero-order valence-electron chi connectivity index (χ0n) is 22.2. The van der Waals surface area contributed by atoms with Crippen LogP contribution in [0.1, 0.15) is 86.0 Å². The Morgan fingerprint density at radius 3 is 2.51 bits per heavy atom. The Morgan fingerprint density at radius 1 is 1.17 bits per heavy atom. The van der Waals surface area contributed by atoms with Gasteiger partial charge in [0.2, 0.25) is 0 Å². The molecule has 0 saturated heterocycles. The summed E-state index contributed by atoms with van der Waals surface area (Å²) in [5.74, 6) is 1.35. The Morgan fingerprint density at radius 2 is 1.86 bits per heavy atom. The minimum atomic E-state index is -1.07. The van der Waals surface area contributed by atoms with E-state index in [1.807, 2.05) is 0 Å². The van der Waals surface area contributed by atoms with Crippen molar-refractivity contribution in [2.45, 2.75) is 110 Å². The molecular formula is C29H46O6. The lowest BCUT2D eigenvalue weighted by Gasteiger charge is -2.44. The summed E-state index contributed by atoms with van der Waals surface area (Å²) in [6, 6.07) is 0. The first-order valence-electron chi connectivity index (χ1n) is 13.4. The predicted molar refractivity (Wildman–Crippen MR) is 137 cm³/mol. The van der Waals surface area contributed by atoms with Crippen LogP contribution in [0.25, 0.3) is 0 Å². The molecule has 0 heterocycles. The smallest absolute Gasteiger partial charge is 0.435 e. The largest absolute Gasteiger partial charge is 0.508 e. The zero-order valence-corrected chi connectivity index (χ0v) is 22.2. The second-order valence-electron chi connectivity index (χ2n) is 11.7. The number of ether oxygens (including phenoxy) is 2. The van der Waals surface area contributed by atoms with Crippen LogP contribution in [0.3, 0.4) is 0 Å². The molecule has 3 fully saturated rings. The second-order valence-corrected chi connectivity index (χ2v) is 11.7. The van der Waals surface area contributed by atoms with Crippen molar-refractivity contribution in [1.82, 2.24) is 0 Å². The molecular weight excluding hydrogens is 444 g/mol. The van der Waals surface area contributed by atoms with Crippen LogP contribution in [0, 0.1) is 23.2 Å². The summed E-state index contributed by atoms with van der Waals surface area (Å²) in [4.78, 5) is 11.7. The number of hydrogen-bond acceptors (Lipinski definition) is 6. The van der Waals surface area contributed by atoms with Crippen molar-refractivity contribution < 1.29 is 29.6 Å². The number of carbonyl (C=O) groups is 1. The van der Waals surface area contributed by atoms with Crippen molar-refractivity contribution in [1.29, 1.82) is 0 Å². The van der Waals surface area contributed by atoms with Crippen LogP contribution in [0.5, 0.6) is 0 Å². The van der Waals surface area contributed by atoms with E-state index in [4.69, 9.17) is 9.47 Å². The average molecular weight is 491 g/mol. The molecule has 3 saturated carbocycles. The molecule has 0 unspecified atom stereocenters. The Bertz CT molecular complexity index is 815. The number of rotatable bonds is 7. The van der Waals surface area contributed by atoms with Crippen LogP contribution in [0.4, 0.5) is 4.79 Å². The molecule has 3 aliphatic carbocycles. The Balaban J connectivity index is 1.67. The number of fused-ring (bicyclic) bond motifs is 1. The van der Waals surface area contributed by atoms with Gasteiger partial charge in [-0.3, -0.25) is 0 Å². The van der Waals surface area contributed by atoms with E-state index in [1.54, 1.807) is 26.8 Å². The zero-order chi connectivity index (χ0) is 25.8. The van der Waals surface area contributed by atoms with E-state index >= 15 is 0 Å². The van der Waals surface area contributed by atoms with Crippen molar-refractivity contribution >= 4 is 6.16 Å². The van der Waals surface area contributed by atoms with Crippen LogP contribution in [0.2, 0.25) is 0 Å². The lowest BCUT2D eigenvalue weighted by molar-refractivity contribution is -0.0658. The van der Waals surface area contributed by atoms with E-state index in [0.717, 1.165) is 18.4 Å². The summed E-state index contributed by atoms with van der Waals surface area (Å²) in [6.45, 7) is 9.98.